The molecule has 0 amide bonds. The number of hydrogen-bond donors (Lipinski definition) is 0. The lowest BCUT2D eigenvalue weighted by molar-refractivity contribution is 0.660. The van der Waals surface area contributed by atoms with Gasteiger partial charge in [-0.05, 0) is 217 Å². The van der Waals surface area contributed by atoms with Crippen LogP contribution in [0.2, 0.25) is 0 Å². The van der Waals surface area contributed by atoms with Gasteiger partial charge in [0.25, 0.3) is 0 Å². The smallest absolute Gasteiger partial charge is 0.0713 e. The number of benzene rings is 16. The van der Waals surface area contributed by atoms with Crippen molar-refractivity contribution in [2.24, 2.45) is 0 Å². The van der Waals surface area contributed by atoms with Gasteiger partial charge in [-0.2, -0.15) is 0 Å². The van der Waals surface area contributed by atoms with Crippen molar-refractivity contribution in [2.75, 3.05) is 0 Å². The van der Waals surface area contributed by atoms with Crippen molar-refractivity contribution in [3.05, 3.63) is 431 Å². The monoisotopic (exact) mass is 1390 g/mol. The van der Waals surface area contributed by atoms with Gasteiger partial charge in [-0.15, -0.1) is 0 Å². The van der Waals surface area contributed by atoms with Crippen molar-refractivity contribution in [2.45, 2.75) is 43.9 Å². The van der Waals surface area contributed by atoms with Crippen LogP contribution in [0, 0.1) is 0 Å². The van der Waals surface area contributed by atoms with Crippen LogP contribution < -0.4 is 0 Å². The van der Waals surface area contributed by atoms with Crippen molar-refractivity contribution in [3.8, 4) is 89.3 Å². The highest BCUT2D eigenvalue weighted by Crippen LogP contribution is 2.58. The predicted octanol–water partition coefficient (Wildman–Crippen LogP) is 27.9. The normalized spacial score (nSPS) is 14.0. The zero-order valence-electron chi connectivity index (χ0n) is 61.3. The molecule has 2 nitrogen and oxygen atoms in total. The van der Waals surface area contributed by atoms with E-state index in [0.29, 0.717) is 0 Å². The minimum atomic E-state index is -0.570. The highest BCUT2D eigenvalue weighted by molar-refractivity contribution is 6.12. The fourth-order valence-electron chi connectivity index (χ4n) is 18.9. The molecule has 0 saturated heterocycles. The minimum Gasteiger partial charge on any atom is -0.309 e. The first-order chi connectivity index (χ1) is 53.5. The second-order valence-electron chi connectivity index (χ2n) is 31.1. The first kappa shape index (κ1) is 64.0. The van der Waals surface area contributed by atoms with Crippen LogP contribution >= 0.6 is 0 Å². The standard InChI is InChI=1S/C107H76N2/c1-105(2)95-27-15-11-23-85(95)87-59-55-83(67-97(87)105)108-101-29-17-13-25-91(101)93-63-77(53-61-103(93)108)73-43-35-69(36-44-73)31-33-71-39-47-75(48-40-71)79-51-57-89-90-58-52-80(66-100(90)107(99(89)65-79,81-19-7-5-8-20-81)82-21-9-6-10-22-82)76-49-41-72(42-50-76)34-32-70-37-45-74(46-38-70)78-54-62-104-94(64-78)92-26-14-18-30-102(92)109(104)84-56-60-88-86-24-12-16-28-96(86)106(3,4)98(88)68-84/h5-68H,1-4H3/b33-31+,34-32+. The second-order valence-corrected chi connectivity index (χ2v) is 31.1. The summed E-state index contributed by atoms with van der Waals surface area (Å²) < 4.78 is 4.90. The third kappa shape index (κ3) is 10.2. The summed E-state index contributed by atoms with van der Waals surface area (Å²) in [6.07, 6.45) is 8.91. The molecule has 0 saturated carbocycles. The van der Waals surface area contributed by atoms with Crippen molar-refractivity contribution in [3.63, 3.8) is 0 Å². The molecular weight excluding hydrogens is 1310 g/mol. The Kier molecular flexibility index (Phi) is 14.6. The fourth-order valence-corrected chi connectivity index (χ4v) is 18.9. The second kappa shape index (κ2) is 24.9. The summed E-state index contributed by atoms with van der Waals surface area (Å²) in [6.45, 7) is 9.44. The molecule has 0 atom stereocenters. The van der Waals surface area contributed by atoms with Gasteiger partial charge in [0, 0.05) is 43.7 Å². The molecule has 21 rings (SSSR count). The molecular formula is C107H76N2. The molecule has 3 aliphatic rings. The van der Waals surface area contributed by atoms with E-state index in [4.69, 9.17) is 0 Å². The molecule has 2 heteroatoms. The summed E-state index contributed by atoms with van der Waals surface area (Å²) in [4.78, 5) is 0. The highest BCUT2D eigenvalue weighted by Gasteiger charge is 2.47. The van der Waals surface area contributed by atoms with Gasteiger partial charge in [0.2, 0.25) is 0 Å². The lowest BCUT2D eigenvalue weighted by Crippen LogP contribution is -2.28. The molecule has 0 radical (unpaired) electrons. The lowest BCUT2D eigenvalue weighted by atomic mass is 9.67. The number of nitrogens with zero attached hydrogens (tertiary/aromatic N) is 2. The van der Waals surface area contributed by atoms with E-state index < -0.39 is 5.41 Å². The summed E-state index contributed by atoms with van der Waals surface area (Å²) in [5, 5.41) is 5.03. The maximum absolute atomic E-state index is 2.47. The van der Waals surface area contributed by atoms with E-state index in [9.17, 15) is 0 Å². The van der Waals surface area contributed by atoms with Gasteiger partial charge < -0.3 is 9.13 Å². The highest BCUT2D eigenvalue weighted by atomic mass is 15.0. The van der Waals surface area contributed by atoms with Crippen LogP contribution in [0.1, 0.15) is 94.5 Å². The summed E-state index contributed by atoms with van der Waals surface area (Å²) in [6, 6.07) is 136. The van der Waals surface area contributed by atoms with Gasteiger partial charge in [0.15, 0.2) is 0 Å². The van der Waals surface area contributed by atoms with Crippen LogP contribution in [0.15, 0.2) is 364 Å². The first-order valence-electron chi connectivity index (χ1n) is 38.3. The van der Waals surface area contributed by atoms with Crippen LogP contribution in [0.25, 0.3) is 157 Å². The van der Waals surface area contributed by atoms with Crippen molar-refractivity contribution in [1.29, 1.82) is 0 Å². The molecule has 0 fully saturated rings. The van der Waals surface area contributed by atoms with Crippen molar-refractivity contribution in [1.82, 2.24) is 9.13 Å². The van der Waals surface area contributed by atoms with E-state index in [-0.39, 0.29) is 10.8 Å². The van der Waals surface area contributed by atoms with E-state index in [0.717, 1.165) is 22.3 Å². The predicted molar refractivity (Wildman–Crippen MR) is 460 cm³/mol. The maximum atomic E-state index is 2.47. The molecule has 18 aromatic rings. The molecule has 0 N–H and O–H groups in total. The van der Waals surface area contributed by atoms with E-state index >= 15 is 0 Å². The largest absolute Gasteiger partial charge is 0.309 e. The van der Waals surface area contributed by atoms with Gasteiger partial charge >= 0.3 is 0 Å². The number of rotatable bonds is 12. The van der Waals surface area contributed by atoms with E-state index in [1.54, 1.807) is 0 Å². The first-order valence-corrected chi connectivity index (χ1v) is 38.3. The zero-order chi connectivity index (χ0) is 72.7. The van der Waals surface area contributed by atoms with E-state index in [2.05, 4.69) is 425 Å². The summed E-state index contributed by atoms with van der Waals surface area (Å²) in [7, 11) is 0. The lowest BCUT2D eigenvalue weighted by Gasteiger charge is -2.34. The summed E-state index contributed by atoms with van der Waals surface area (Å²) >= 11 is 0. The Morgan fingerprint density at radius 2 is 0.486 bits per heavy atom. The molecule has 2 aromatic heterocycles. The Labute approximate surface area is 636 Å². The van der Waals surface area contributed by atoms with Gasteiger partial charge in [-0.1, -0.05) is 343 Å². The molecule has 0 bridgehead atoms. The van der Waals surface area contributed by atoms with Crippen molar-refractivity contribution >= 4 is 67.9 Å². The number of hydrogen-bond acceptors (Lipinski definition) is 0. The quantitative estimate of drug-likeness (QED) is 0.108. The maximum Gasteiger partial charge on any atom is 0.0713 e. The fraction of sp³-hybridized carbons (Fsp3) is 0.0654. The van der Waals surface area contributed by atoms with Crippen LogP contribution in [-0.2, 0) is 16.2 Å². The molecule has 0 aliphatic heterocycles. The molecule has 3 aliphatic carbocycles. The summed E-state index contributed by atoms with van der Waals surface area (Å²) in [5.74, 6) is 0. The number of para-hydroxylation sites is 2. The zero-order valence-corrected chi connectivity index (χ0v) is 61.3. The number of aromatic nitrogens is 2. The molecule has 16 aromatic carbocycles. The Hall–Kier alpha value is -13.4. The van der Waals surface area contributed by atoms with E-state index in [1.807, 2.05) is 0 Å². The molecule has 0 spiro atoms. The number of fused-ring (bicyclic) bond motifs is 15. The summed E-state index contributed by atoms with van der Waals surface area (Å²) in [5.41, 5.74) is 39.2. The van der Waals surface area contributed by atoms with Gasteiger partial charge in [0.05, 0.1) is 27.5 Å². The topological polar surface area (TPSA) is 9.86 Å². The van der Waals surface area contributed by atoms with Gasteiger partial charge in [-0.3, -0.25) is 0 Å². The van der Waals surface area contributed by atoms with Crippen LogP contribution in [0.4, 0.5) is 0 Å². The Morgan fingerprint density at radius 1 is 0.202 bits per heavy atom. The third-order valence-electron chi connectivity index (χ3n) is 24.5. The average molecular weight is 1390 g/mol. The van der Waals surface area contributed by atoms with Crippen molar-refractivity contribution < 1.29 is 0 Å². The minimum absolute atomic E-state index is 0.0753. The Balaban J connectivity index is 0.527. The van der Waals surface area contributed by atoms with Crippen LogP contribution in [-0.4, -0.2) is 9.13 Å². The Bertz CT molecular complexity index is 6360. The molecule has 0 unspecified atom stereocenters. The molecule has 2 heterocycles. The van der Waals surface area contributed by atoms with Gasteiger partial charge in [0.1, 0.15) is 0 Å². The SMILES string of the molecule is CC1(C)c2ccccc2-c2ccc(-n3c4ccccc4c4cc(-c5ccc(/C=C/c6ccc(-c7ccc8c(c7)C(c7ccccc7)(c7ccccc7)c7cc(-c9ccc(/C=C/c%10ccc(-c%11ccc%12c(c%11)c%11ccccc%11n%12-c%11ccc%12c(c%11)C(C)(C)c%11ccccc%11-%12)cc%10)cc9)ccc7-8)cc6)cc5)ccc43)cc21. The van der Waals surface area contributed by atoms with Gasteiger partial charge in [-0.25, -0.2) is 0 Å². The molecule has 109 heavy (non-hydrogen) atoms. The average Bonchev–Trinajstić information content (AvgIpc) is 1.55. The van der Waals surface area contributed by atoms with Crippen LogP contribution in [0.3, 0.4) is 0 Å². The Morgan fingerprint density at radius 3 is 0.872 bits per heavy atom. The van der Waals surface area contributed by atoms with E-state index in [1.165, 1.54) is 177 Å². The third-order valence-corrected chi connectivity index (χ3v) is 24.5. The molecule has 514 valence electrons. The van der Waals surface area contributed by atoms with Crippen LogP contribution in [0.5, 0.6) is 0 Å².